The van der Waals surface area contributed by atoms with Gasteiger partial charge >= 0.3 is 0 Å². The van der Waals surface area contributed by atoms with Gasteiger partial charge in [0.25, 0.3) is 0 Å². The zero-order chi connectivity index (χ0) is 18.9. The number of aliphatic hydroxyl groups is 5. The highest BCUT2D eigenvalue weighted by atomic mass is 16.6. The van der Waals surface area contributed by atoms with Crippen LogP contribution in [0.2, 0.25) is 0 Å². The lowest BCUT2D eigenvalue weighted by Crippen LogP contribution is -2.44. The van der Waals surface area contributed by atoms with Crippen molar-refractivity contribution in [3.8, 4) is 0 Å². The van der Waals surface area contributed by atoms with Gasteiger partial charge in [-0.15, -0.1) is 0 Å². The van der Waals surface area contributed by atoms with E-state index in [1.807, 2.05) is 0 Å². The molecule has 11 heteroatoms. The number of aromatic nitrogens is 4. The molecule has 4 unspecified atom stereocenters. The molecule has 0 spiro atoms. The number of anilines is 1. The van der Waals surface area contributed by atoms with Crippen LogP contribution in [0.15, 0.2) is 12.7 Å². The number of aliphatic hydroxyl groups excluding tert-OH is 4. The van der Waals surface area contributed by atoms with Crippen molar-refractivity contribution in [3.05, 3.63) is 12.7 Å². The third-order valence-electron chi connectivity index (χ3n) is 4.57. The Morgan fingerprint density at radius 3 is 2.46 bits per heavy atom. The molecular formula is C15H23N5O6. The molecule has 0 saturated carbocycles. The van der Waals surface area contributed by atoms with Crippen LogP contribution in [0.1, 0.15) is 13.2 Å². The Balaban J connectivity index is 2.03. The van der Waals surface area contributed by atoms with E-state index >= 15 is 0 Å². The summed E-state index contributed by atoms with van der Waals surface area (Å²) in [5, 5.41) is 48.6. The SMILES string of the molecule is CC1(O)C(O)C(CO)OC1n1cnc2c(N(CCO)CCO)ncnc21. The Morgan fingerprint density at radius 2 is 1.88 bits per heavy atom. The average molecular weight is 369 g/mol. The second-order valence-corrected chi connectivity index (χ2v) is 6.34. The van der Waals surface area contributed by atoms with Crippen molar-refractivity contribution in [1.82, 2.24) is 19.5 Å². The maximum absolute atomic E-state index is 10.6. The van der Waals surface area contributed by atoms with Crippen LogP contribution < -0.4 is 4.90 Å². The van der Waals surface area contributed by atoms with E-state index < -0.39 is 30.6 Å². The van der Waals surface area contributed by atoms with Gasteiger partial charge in [-0.3, -0.25) is 4.57 Å². The zero-order valence-corrected chi connectivity index (χ0v) is 14.3. The van der Waals surface area contributed by atoms with Crippen LogP contribution in [0, 0.1) is 0 Å². The first kappa shape index (κ1) is 18.9. The second-order valence-electron chi connectivity index (χ2n) is 6.34. The smallest absolute Gasteiger partial charge is 0.168 e. The van der Waals surface area contributed by atoms with Gasteiger partial charge in [-0.1, -0.05) is 0 Å². The van der Waals surface area contributed by atoms with Crippen molar-refractivity contribution in [2.45, 2.75) is 31.0 Å². The fourth-order valence-corrected chi connectivity index (χ4v) is 3.20. The first-order valence-electron chi connectivity index (χ1n) is 8.26. The minimum atomic E-state index is -1.66. The molecule has 2 aromatic heterocycles. The predicted octanol–water partition coefficient (Wildman–Crippen LogP) is -2.38. The molecule has 3 rings (SSSR count). The number of fused-ring (bicyclic) bond motifs is 1. The Hall–Kier alpha value is -1.89. The normalized spacial score (nSPS) is 28.8. The first-order valence-corrected chi connectivity index (χ1v) is 8.26. The fourth-order valence-electron chi connectivity index (χ4n) is 3.20. The lowest BCUT2D eigenvalue weighted by Gasteiger charge is -2.27. The Labute approximate surface area is 149 Å². The monoisotopic (exact) mass is 369 g/mol. The van der Waals surface area contributed by atoms with E-state index in [4.69, 9.17) is 4.74 Å². The maximum Gasteiger partial charge on any atom is 0.168 e. The summed E-state index contributed by atoms with van der Waals surface area (Å²) < 4.78 is 7.07. The molecule has 0 aromatic carbocycles. The van der Waals surface area contributed by atoms with Crippen LogP contribution in [0.3, 0.4) is 0 Å². The van der Waals surface area contributed by atoms with E-state index in [1.165, 1.54) is 24.1 Å². The molecule has 0 bridgehead atoms. The topological polar surface area (TPSA) is 157 Å². The third kappa shape index (κ3) is 3.02. The molecule has 1 saturated heterocycles. The van der Waals surface area contributed by atoms with Crippen LogP contribution >= 0.6 is 0 Å². The number of imidazole rings is 1. The highest BCUT2D eigenvalue weighted by molar-refractivity contribution is 5.83. The molecule has 0 aliphatic carbocycles. The van der Waals surface area contributed by atoms with Gasteiger partial charge in [0.05, 0.1) is 26.1 Å². The van der Waals surface area contributed by atoms with Crippen molar-refractivity contribution < 1.29 is 30.3 Å². The third-order valence-corrected chi connectivity index (χ3v) is 4.57. The summed E-state index contributed by atoms with van der Waals surface area (Å²) in [6.45, 7) is 1.22. The number of hydrogen-bond donors (Lipinski definition) is 5. The van der Waals surface area contributed by atoms with Crippen LogP contribution in [0.5, 0.6) is 0 Å². The molecule has 1 fully saturated rings. The van der Waals surface area contributed by atoms with Gasteiger partial charge < -0.3 is 35.2 Å². The molecule has 11 nitrogen and oxygen atoms in total. The molecular weight excluding hydrogens is 346 g/mol. The van der Waals surface area contributed by atoms with Crippen molar-refractivity contribution in [1.29, 1.82) is 0 Å². The summed E-state index contributed by atoms with van der Waals surface area (Å²) in [5.41, 5.74) is -0.912. The van der Waals surface area contributed by atoms with Crippen LogP contribution in [-0.2, 0) is 4.74 Å². The van der Waals surface area contributed by atoms with E-state index in [9.17, 15) is 25.5 Å². The summed E-state index contributed by atoms with van der Waals surface area (Å²) >= 11 is 0. The number of hydrogen-bond acceptors (Lipinski definition) is 10. The van der Waals surface area contributed by atoms with Gasteiger partial charge in [0, 0.05) is 13.1 Å². The molecule has 5 N–H and O–H groups in total. The van der Waals surface area contributed by atoms with Crippen LogP contribution in [0.4, 0.5) is 5.82 Å². The van der Waals surface area contributed by atoms with Crippen molar-refractivity contribution in [2.24, 2.45) is 0 Å². The quantitative estimate of drug-likeness (QED) is 0.357. The summed E-state index contributed by atoms with van der Waals surface area (Å²) in [7, 11) is 0. The summed E-state index contributed by atoms with van der Waals surface area (Å²) in [6.07, 6.45) is -0.511. The van der Waals surface area contributed by atoms with Gasteiger partial charge in [-0.05, 0) is 6.92 Å². The average Bonchev–Trinajstić information content (AvgIpc) is 3.14. The van der Waals surface area contributed by atoms with E-state index in [0.29, 0.717) is 17.0 Å². The minimum Gasteiger partial charge on any atom is -0.395 e. The highest BCUT2D eigenvalue weighted by Gasteiger charge is 2.53. The van der Waals surface area contributed by atoms with E-state index in [1.54, 1.807) is 4.90 Å². The summed E-state index contributed by atoms with van der Waals surface area (Å²) in [5.74, 6) is 0.425. The molecule has 0 amide bonds. The number of nitrogens with zero attached hydrogens (tertiary/aromatic N) is 5. The minimum absolute atomic E-state index is 0.128. The van der Waals surface area contributed by atoms with E-state index in [0.717, 1.165) is 0 Å². The number of rotatable bonds is 7. The van der Waals surface area contributed by atoms with Gasteiger partial charge in [0.2, 0.25) is 0 Å². The molecule has 2 aromatic rings. The molecule has 1 aliphatic heterocycles. The van der Waals surface area contributed by atoms with Gasteiger partial charge in [-0.25, -0.2) is 15.0 Å². The largest absolute Gasteiger partial charge is 0.395 e. The molecule has 26 heavy (non-hydrogen) atoms. The van der Waals surface area contributed by atoms with Gasteiger partial charge in [0.1, 0.15) is 24.1 Å². The number of ether oxygens (including phenoxy) is 1. The van der Waals surface area contributed by atoms with E-state index in [2.05, 4.69) is 15.0 Å². The fraction of sp³-hybridized carbons (Fsp3) is 0.667. The first-order chi connectivity index (χ1) is 12.5. The second kappa shape index (κ2) is 7.39. The Kier molecular flexibility index (Phi) is 5.37. The Morgan fingerprint density at radius 1 is 1.19 bits per heavy atom. The molecule has 1 aliphatic rings. The molecule has 4 atom stereocenters. The molecule has 144 valence electrons. The zero-order valence-electron chi connectivity index (χ0n) is 14.3. The highest BCUT2D eigenvalue weighted by Crippen LogP contribution is 2.39. The van der Waals surface area contributed by atoms with E-state index in [-0.39, 0.29) is 26.3 Å². The van der Waals surface area contributed by atoms with Crippen LogP contribution in [-0.4, -0.2) is 95.8 Å². The van der Waals surface area contributed by atoms with Gasteiger partial charge in [-0.2, -0.15) is 0 Å². The summed E-state index contributed by atoms with van der Waals surface area (Å²) in [4.78, 5) is 14.3. The van der Waals surface area contributed by atoms with Gasteiger partial charge in [0.15, 0.2) is 23.2 Å². The molecule has 0 radical (unpaired) electrons. The lowest BCUT2D eigenvalue weighted by atomic mass is 9.96. The molecule has 3 heterocycles. The lowest BCUT2D eigenvalue weighted by molar-refractivity contribution is -0.0950. The standard InChI is InChI=1S/C15H23N5O6/c1-15(25)11(24)9(6-23)26-14(15)20-8-18-10-12(16-7-17-13(10)20)19(2-4-21)3-5-22/h7-9,11,14,21-25H,2-6H2,1H3. The Bertz CT molecular complexity index is 747. The summed E-state index contributed by atoms with van der Waals surface area (Å²) in [6, 6.07) is 0. The van der Waals surface area contributed by atoms with Crippen LogP contribution in [0.25, 0.3) is 11.2 Å². The predicted molar refractivity (Wildman–Crippen MR) is 89.3 cm³/mol. The van der Waals surface area contributed by atoms with Crippen molar-refractivity contribution in [3.63, 3.8) is 0 Å². The van der Waals surface area contributed by atoms with Crippen molar-refractivity contribution in [2.75, 3.05) is 37.8 Å². The van der Waals surface area contributed by atoms with Crippen molar-refractivity contribution >= 4 is 17.0 Å². The maximum atomic E-state index is 10.6.